The van der Waals surface area contributed by atoms with Crippen LogP contribution in [0.15, 0.2) is 41.8 Å². The van der Waals surface area contributed by atoms with E-state index >= 15 is 0 Å². The predicted molar refractivity (Wildman–Crippen MR) is 111 cm³/mol. The number of thiazole rings is 1. The van der Waals surface area contributed by atoms with Gasteiger partial charge < -0.3 is 10.6 Å². The summed E-state index contributed by atoms with van der Waals surface area (Å²) in [7, 11) is 0. The van der Waals surface area contributed by atoms with Crippen molar-refractivity contribution in [1.82, 2.24) is 4.98 Å². The molecule has 0 radical (unpaired) electrons. The number of nitrogens with zero attached hydrogens (tertiary/aromatic N) is 1. The third-order valence-corrected chi connectivity index (χ3v) is 6.05. The fourth-order valence-corrected chi connectivity index (χ4v) is 4.39. The summed E-state index contributed by atoms with van der Waals surface area (Å²) in [5, 5.41) is 7.84. The summed E-state index contributed by atoms with van der Waals surface area (Å²) in [5.74, 6) is -0.549. The van der Waals surface area contributed by atoms with Gasteiger partial charge in [-0.15, -0.1) is 34.4 Å². The first-order valence-corrected chi connectivity index (χ1v) is 10.8. The average Bonchev–Trinajstić information content (AvgIpc) is 3.26. The maximum absolute atomic E-state index is 12.8. The number of thiophene rings is 1. The zero-order chi connectivity index (χ0) is 19.2. The molecule has 2 amide bonds. The topological polar surface area (TPSA) is 71.1 Å². The van der Waals surface area contributed by atoms with Crippen LogP contribution in [0.25, 0.3) is 10.6 Å². The highest BCUT2D eigenvalue weighted by Gasteiger charge is 2.10. The highest BCUT2D eigenvalue weighted by molar-refractivity contribution is 8.00. The van der Waals surface area contributed by atoms with E-state index in [1.54, 1.807) is 11.3 Å². The second-order valence-electron chi connectivity index (χ2n) is 5.54. The lowest BCUT2D eigenvalue weighted by atomic mass is 10.3. The number of thioether (sulfide) groups is 1. The molecule has 0 atom stereocenters. The normalized spacial score (nSPS) is 10.6. The Hall–Kier alpha value is -2.23. The van der Waals surface area contributed by atoms with E-state index in [0.29, 0.717) is 10.8 Å². The van der Waals surface area contributed by atoms with Crippen LogP contribution in [0.2, 0.25) is 0 Å². The Bertz CT molecular complexity index is 937. The number of hydrogen-bond donors (Lipinski definition) is 2. The molecular formula is C18H16FN3O2S3. The maximum atomic E-state index is 12.8. The Morgan fingerprint density at radius 2 is 1.78 bits per heavy atom. The molecule has 3 aromatic rings. The summed E-state index contributed by atoms with van der Waals surface area (Å²) >= 11 is 4.22. The lowest BCUT2D eigenvalue weighted by molar-refractivity contribution is -0.114. The Morgan fingerprint density at radius 3 is 2.44 bits per heavy atom. The van der Waals surface area contributed by atoms with Crippen molar-refractivity contribution in [3.8, 4) is 10.6 Å². The largest absolute Gasteiger partial charge is 0.325 e. The van der Waals surface area contributed by atoms with Crippen molar-refractivity contribution in [2.24, 2.45) is 0 Å². The Kier molecular flexibility index (Phi) is 6.59. The molecule has 0 saturated heterocycles. The number of amides is 2. The molecule has 0 aliphatic carbocycles. The number of halogens is 1. The third-order valence-electron chi connectivity index (χ3n) is 3.34. The van der Waals surface area contributed by atoms with Gasteiger partial charge in [0.15, 0.2) is 5.13 Å². The van der Waals surface area contributed by atoms with Gasteiger partial charge in [-0.2, -0.15) is 0 Å². The monoisotopic (exact) mass is 421 g/mol. The van der Waals surface area contributed by atoms with Crippen LogP contribution in [0.4, 0.5) is 15.2 Å². The van der Waals surface area contributed by atoms with E-state index < -0.39 is 0 Å². The number of anilines is 2. The van der Waals surface area contributed by atoms with Crippen LogP contribution in [0.3, 0.4) is 0 Å². The molecule has 2 aromatic heterocycles. The Labute approximate surface area is 168 Å². The van der Waals surface area contributed by atoms with E-state index in [2.05, 4.69) is 15.6 Å². The van der Waals surface area contributed by atoms with Crippen molar-refractivity contribution in [2.75, 3.05) is 22.1 Å². The first-order chi connectivity index (χ1) is 13.0. The molecule has 2 heterocycles. The van der Waals surface area contributed by atoms with E-state index in [0.717, 1.165) is 10.6 Å². The summed E-state index contributed by atoms with van der Waals surface area (Å²) in [6.07, 6.45) is 0. The molecule has 2 N–H and O–H groups in total. The van der Waals surface area contributed by atoms with Crippen LogP contribution in [0, 0.1) is 12.7 Å². The van der Waals surface area contributed by atoms with E-state index in [1.807, 2.05) is 24.4 Å². The Balaban J connectivity index is 1.41. The van der Waals surface area contributed by atoms with Crippen LogP contribution in [-0.2, 0) is 9.59 Å². The predicted octanol–water partition coefficient (Wildman–Crippen LogP) is 4.63. The summed E-state index contributed by atoms with van der Waals surface area (Å²) in [6, 6.07) is 9.56. The van der Waals surface area contributed by atoms with Gasteiger partial charge in [-0.1, -0.05) is 0 Å². The first kappa shape index (κ1) is 19.5. The van der Waals surface area contributed by atoms with Crippen LogP contribution in [0.5, 0.6) is 0 Å². The molecule has 0 fully saturated rings. The van der Waals surface area contributed by atoms with Gasteiger partial charge in [-0.05, 0) is 43.3 Å². The lowest BCUT2D eigenvalue weighted by Crippen LogP contribution is -2.18. The summed E-state index contributed by atoms with van der Waals surface area (Å²) in [5.41, 5.74) is 1.37. The molecule has 140 valence electrons. The van der Waals surface area contributed by atoms with Gasteiger partial charge >= 0.3 is 0 Å². The molecule has 5 nitrogen and oxygen atoms in total. The van der Waals surface area contributed by atoms with Crippen LogP contribution in [-0.4, -0.2) is 28.3 Å². The van der Waals surface area contributed by atoms with Crippen molar-refractivity contribution in [3.63, 3.8) is 0 Å². The standard InChI is InChI=1S/C18H16FN3O2S3/c1-11-2-7-15(27-11)14-8-26-18(21-14)22-17(24)10-25-9-16(23)20-13-5-3-12(19)4-6-13/h2-8H,9-10H2,1H3,(H,20,23)(H,21,22,24). The number of rotatable bonds is 7. The smallest absolute Gasteiger partial charge is 0.236 e. The molecule has 0 spiro atoms. The lowest BCUT2D eigenvalue weighted by Gasteiger charge is -2.05. The number of carbonyl (C=O) groups excluding carboxylic acids is 2. The number of aromatic nitrogens is 1. The van der Waals surface area contributed by atoms with Gasteiger partial charge in [-0.3, -0.25) is 9.59 Å². The van der Waals surface area contributed by atoms with Gasteiger partial charge in [0.1, 0.15) is 5.82 Å². The maximum Gasteiger partial charge on any atom is 0.236 e. The van der Waals surface area contributed by atoms with E-state index in [1.165, 1.54) is 52.2 Å². The van der Waals surface area contributed by atoms with Crippen LogP contribution >= 0.6 is 34.4 Å². The van der Waals surface area contributed by atoms with Gasteiger partial charge in [0, 0.05) is 15.9 Å². The molecule has 0 unspecified atom stereocenters. The highest BCUT2D eigenvalue weighted by Crippen LogP contribution is 2.30. The molecule has 3 rings (SSSR count). The first-order valence-electron chi connectivity index (χ1n) is 7.95. The number of aryl methyl sites for hydroxylation is 1. The molecular weight excluding hydrogens is 405 g/mol. The van der Waals surface area contributed by atoms with Gasteiger partial charge in [0.25, 0.3) is 0 Å². The van der Waals surface area contributed by atoms with Gasteiger partial charge in [-0.25, -0.2) is 9.37 Å². The van der Waals surface area contributed by atoms with E-state index in [-0.39, 0.29) is 29.1 Å². The highest BCUT2D eigenvalue weighted by atomic mass is 32.2. The minimum absolute atomic E-state index is 0.127. The summed E-state index contributed by atoms with van der Waals surface area (Å²) < 4.78 is 12.8. The molecule has 27 heavy (non-hydrogen) atoms. The summed E-state index contributed by atoms with van der Waals surface area (Å²) in [6.45, 7) is 2.03. The average molecular weight is 422 g/mol. The quantitative estimate of drug-likeness (QED) is 0.584. The minimum atomic E-state index is -0.362. The summed E-state index contributed by atoms with van der Waals surface area (Å²) in [4.78, 5) is 30.5. The molecule has 0 aliphatic heterocycles. The number of hydrogen-bond acceptors (Lipinski definition) is 6. The second kappa shape index (κ2) is 9.12. The van der Waals surface area contributed by atoms with E-state index in [4.69, 9.17) is 0 Å². The van der Waals surface area contributed by atoms with Crippen molar-refractivity contribution in [3.05, 3.63) is 52.5 Å². The SMILES string of the molecule is Cc1ccc(-c2csc(NC(=O)CSCC(=O)Nc3ccc(F)cc3)n2)s1. The van der Waals surface area contributed by atoms with Crippen molar-refractivity contribution in [2.45, 2.75) is 6.92 Å². The third kappa shape index (κ3) is 5.88. The van der Waals surface area contributed by atoms with Gasteiger partial charge in [0.2, 0.25) is 11.8 Å². The number of carbonyl (C=O) groups is 2. The zero-order valence-corrected chi connectivity index (χ0v) is 16.8. The van der Waals surface area contributed by atoms with E-state index in [9.17, 15) is 14.0 Å². The van der Waals surface area contributed by atoms with Crippen molar-refractivity contribution >= 4 is 57.1 Å². The molecule has 1 aromatic carbocycles. The minimum Gasteiger partial charge on any atom is -0.325 e. The second-order valence-corrected chi connectivity index (χ2v) is 8.68. The molecule has 0 saturated carbocycles. The van der Waals surface area contributed by atoms with Crippen LogP contribution in [0.1, 0.15) is 4.88 Å². The molecule has 9 heteroatoms. The van der Waals surface area contributed by atoms with Crippen molar-refractivity contribution < 1.29 is 14.0 Å². The van der Waals surface area contributed by atoms with Crippen LogP contribution < -0.4 is 10.6 Å². The van der Waals surface area contributed by atoms with Gasteiger partial charge in [0.05, 0.1) is 22.1 Å². The fourth-order valence-electron chi connectivity index (χ4n) is 2.14. The van der Waals surface area contributed by atoms with Crippen molar-refractivity contribution in [1.29, 1.82) is 0 Å². The number of benzene rings is 1. The fraction of sp³-hybridized carbons (Fsp3) is 0.167. The zero-order valence-electron chi connectivity index (χ0n) is 14.3. The molecule has 0 bridgehead atoms. The number of nitrogens with one attached hydrogen (secondary N) is 2. The Morgan fingerprint density at radius 1 is 1.07 bits per heavy atom. The molecule has 0 aliphatic rings.